The zero-order valence-electron chi connectivity index (χ0n) is 66.4. The van der Waals surface area contributed by atoms with Gasteiger partial charge in [0.25, 0.3) is 0 Å². The van der Waals surface area contributed by atoms with Gasteiger partial charge in [0, 0.05) is 140 Å². The number of nitrogens with zero attached hydrogens (tertiary/aromatic N) is 11. The van der Waals surface area contributed by atoms with Crippen molar-refractivity contribution < 1.29 is 4.39 Å². The first kappa shape index (κ1) is 74.2. The summed E-state index contributed by atoms with van der Waals surface area (Å²) in [6.07, 6.45) is 12.3. The number of aromatic nitrogens is 11. The van der Waals surface area contributed by atoms with E-state index < -0.39 is 0 Å². The minimum atomic E-state index is -0.252. The molecule has 9 aromatic carbocycles. The molecule has 123 heavy (non-hydrogen) atoms. The lowest BCUT2D eigenvalue weighted by atomic mass is 10.0. The minimum absolute atomic E-state index is 0.252. The van der Waals surface area contributed by atoms with E-state index in [9.17, 15) is 4.39 Å². The maximum absolute atomic E-state index is 13.8. The van der Waals surface area contributed by atoms with E-state index in [1.807, 2.05) is 103 Å². The van der Waals surface area contributed by atoms with Gasteiger partial charge in [-0.2, -0.15) is 0 Å². The van der Waals surface area contributed by atoms with E-state index >= 15 is 0 Å². The summed E-state index contributed by atoms with van der Waals surface area (Å²) in [5.74, 6) is -0.252. The molecule has 26 aromatic rings. The Morgan fingerprint density at radius 2 is 0.683 bits per heavy atom. The summed E-state index contributed by atoms with van der Waals surface area (Å²) >= 11 is 11.2. The summed E-state index contributed by atoms with van der Waals surface area (Å²) < 4.78 is 26.8. The predicted molar refractivity (Wildman–Crippen MR) is 514 cm³/mol. The van der Waals surface area contributed by atoms with Crippen LogP contribution < -0.4 is 0 Å². The van der Waals surface area contributed by atoms with E-state index in [1.165, 1.54) is 98.6 Å². The van der Waals surface area contributed by atoms with Crippen LogP contribution in [0, 0.1) is 19.7 Å². The van der Waals surface area contributed by atoms with Gasteiger partial charge in [0.2, 0.25) is 0 Å². The molecule has 0 aliphatic carbocycles. The second kappa shape index (κ2) is 30.9. The van der Waals surface area contributed by atoms with Crippen molar-refractivity contribution in [2.45, 2.75) is 13.8 Å². The summed E-state index contributed by atoms with van der Waals surface area (Å²) in [5, 5.41) is 14.4. The second-order valence-electron chi connectivity index (χ2n) is 30.7. The van der Waals surface area contributed by atoms with E-state index in [2.05, 4.69) is 324 Å². The van der Waals surface area contributed by atoms with Gasteiger partial charge >= 0.3 is 0 Å². The molecule has 584 valence electrons. The number of para-hydroxylation sites is 5. The van der Waals surface area contributed by atoms with E-state index in [1.54, 1.807) is 23.5 Å². The highest BCUT2D eigenvalue weighted by Gasteiger charge is 2.23. The zero-order valence-corrected chi connectivity index (χ0v) is 69.6. The van der Waals surface area contributed by atoms with Crippen LogP contribution in [0.25, 0.3) is 203 Å². The third kappa shape index (κ3) is 13.3. The number of fused-ring (bicyclic) bond motifs is 26. The molecule has 0 aliphatic heterocycles. The molecule has 11 nitrogen and oxygen atoms in total. The zero-order chi connectivity index (χ0) is 82.3. The first-order chi connectivity index (χ1) is 60.5. The maximum atomic E-state index is 13.8. The van der Waals surface area contributed by atoms with E-state index in [-0.39, 0.29) is 5.82 Å². The molecule has 0 saturated heterocycles. The second-order valence-corrected chi connectivity index (χ2v) is 33.3. The van der Waals surface area contributed by atoms with E-state index in [4.69, 9.17) is 36.5 Å². The van der Waals surface area contributed by atoms with Crippen molar-refractivity contribution in [2.24, 2.45) is 0 Å². The van der Waals surface area contributed by atoms with Gasteiger partial charge in [-0.05, 0) is 200 Å². The van der Waals surface area contributed by atoms with Crippen molar-refractivity contribution in [1.82, 2.24) is 51.9 Å². The average molecular weight is 1690 g/mol. The number of pyridine rings is 11. The van der Waals surface area contributed by atoms with Crippen molar-refractivity contribution in [1.29, 1.82) is 0 Å². The fourth-order valence-electron chi connectivity index (χ4n) is 17.6. The molecule has 0 bridgehead atoms. The largest absolute Gasteiger partial charge is 0.315 e. The average Bonchev–Trinajstić information content (AvgIpc) is 1.62. The standard InChI is InChI=1S/C25H16N2.C22H15BrN2.C22H15FN2.C20H13N3.C19H11ClN2S/c1-2-8-18-15-19(13-12-17(18)7-1)24-25-22(16-20-9-5-6-14-27(20)25)21-10-3-4-11-23(21)26-24;1-14-5-4-12-25-20(14)13-18-17-6-2-3-7-19(17)24-21(22(18)25)15-8-10-16(23)11-9-15;1-14-6-5-11-25-20(14)13-18-17-9-2-3-10-19(17)24-21(22(18)25)15-7-4-8-16(23)12-15;1-2-9-17-15(8-1)16-13-14-7-4-6-12-23(14)20(16)19(22-17)18-10-3-5-11-21-18;20-17-9-8-16(23-17)18-19-14(11-12-5-3-4-10-22(12)19)13-6-1-2-7-15(13)21-18/h1-16H;2*2-13H,1H3;1-13H;1-11H. The highest BCUT2D eigenvalue weighted by Crippen LogP contribution is 2.43. The summed E-state index contributed by atoms with van der Waals surface area (Å²) in [7, 11) is 0. The number of hydrogen-bond donors (Lipinski definition) is 0. The molecule has 0 radical (unpaired) electrons. The Morgan fingerprint density at radius 1 is 0.293 bits per heavy atom. The molecular weight excluding hydrogens is 1620 g/mol. The Bertz CT molecular complexity index is 8690. The van der Waals surface area contributed by atoms with E-state index in [0.29, 0.717) is 0 Å². The van der Waals surface area contributed by atoms with Crippen LogP contribution in [0.5, 0.6) is 0 Å². The normalized spacial score (nSPS) is 11.6. The Hall–Kier alpha value is -15.1. The molecule has 0 aliphatic rings. The van der Waals surface area contributed by atoms with Gasteiger partial charge in [-0.1, -0.05) is 216 Å². The number of benzene rings is 9. The topological polar surface area (TPSA) is 99.4 Å². The Labute approximate surface area is 721 Å². The fourth-order valence-corrected chi connectivity index (χ4v) is 18.9. The van der Waals surface area contributed by atoms with Crippen molar-refractivity contribution in [2.75, 3.05) is 0 Å². The van der Waals surface area contributed by atoms with Crippen LogP contribution in [0.2, 0.25) is 4.34 Å². The summed E-state index contributed by atoms with van der Waals surface area (Å²) in [6.45, 7) is 4.26. The van der Waals surface area contributed by atoms with E-state index in [0.717, 1.165) is 130 Å². The molecule has 0 atom stereocenters. The maximum Gasteiger partial charge on any atom is 0.123 e. The molecule has 0 amide bonds. The summed E-state index contributed by atoms with van der Waals surface area (Å²) in [5.41, 5.74) is 27.7. The van der Waals surface area contributed by atoms with Crippen LogP contribution in [0.4, 0.5) is 4.39 Å². The molecule has 0 saturated carbocycles. The Kier molecular flexibility index (Phi) is 18.7. The molecule has 17 heterocycles. The SMILES string of the molecule is Cc1cccn2c1cc1c3ccccc3nc(-c3ccc(Br)cc3)c12.Cc1cccn2c1cc1c3ccccc3nc(-c3cccc(F)c3)c12.Clc1ccc(-c2nc3ccccc3c3cc4ccccn4c23)s1.c1ccc(-c2nc3ccccc3c3cc4ccccn4c23)nc1.c1ccc2cc(-c3nc4ccccc4c4cc5ccccn5c34)ccc2c1. The highest BCUT2D eigenvalue weighted by atomic mass is 79.9. The smallest absolute Gasteiger partial charge is 0.123 e. The number of halogens is 3. The Balaban J connectivity index is 0.0000000917. The van der Waals surface area contributed by atoms with Gasteiger partial charge in [-0.3, -0.25) is 4.98 Å². The van der Waals surface area contributed by atoms with Gasteiger partial charge in [0.05, 0.1) is 87.2 Å². The highest BCUT2D eigenvalue weighted by molar-refractivity contribution is 9.10. The lowest BCUT2D eigenvalue weighted by Gasteiger charge is -2.09. The van der Waals surface area contributed by atoms with Crippen molar-refractivity contribution in [3.8, 4) is 55.7 Å². The molecule has 17 aromatic heterocycles. The molecule has 26 rings (SSSR count). The molecule has 0 fully saturated rings. The lowest BCUT2D eigenvalue weighted by Crippen LogP contribution is -1.93. The van der Waals surface area contributed by atoms with Gasteiger partial charge in [0.15, 0.2) is 0 Å². The predicted octanol–water partition coefficient (Wildman–Crippen LogP) is 29.3. The van der Waals surface area contributed by atoms with Crippen LogP contribution in [-0.4, -0.2) is 51.9 Å². The first-order valence-corrected chi connectivity index (χ1v) is 42.7. The summed E-state index contributed by atoms with van der Waals surface area (Å²) in [4.78, 5) is 30.4. The minimum Gasteiger partial charge on any atom is -0.315 e. The molecule has 0 unspecified atom stereocenters. The van der Waals surface area contributed by atoms with Gasteiger partial charge in [-0.25, -0.2) is 29.3 Å². The molecule has 0 N–H and O–H groups in total. The number of aryl methyl sites for hydroxylation is 2. The van der Waals surface area contributed by atoms with Gasteiger partial charge < -0.3 is 22.0 Å². The van der Waals surface area contributed by atoms with Crippen LogP contribution >= 0.6 is 38.9 Å². The van der Waals surface area contributed by atoms with Crippen LogP contribution in [-0.2, 0) is 0 Å². The summed E-state index contributed by atoms with van der Waals surface area (Å²) in [6, 6.07) is 120. The fraction of sp³-hybridized carbons (Fsp3) is 0.0185. The molecular formula is C108H70BrClFN11S. The third-order valence-electron chi connectivity index (χ3n) is 23.3. The first-order valence-electron chi connectivity index (χ1n) is 40.7. The monoisotopic (exact) mass is 1690 g/mol. The molecule has 0 spiro atoms. The van der Waals surface area contributed by atoms with Crippen molar-refractivity contribution in [3.63, 3.8) is 0 Å². The lowest BCUT2D eigenvalue weighted by molar-refractivity contribution is 0.628. The number of rotatable bonds is 5. The van der Waals surface area contributed by atoms with Crippen LogP contribution in [0.15, 0.2) is 394 Å². The third-order valence-corrected chi connectivity index (χ3v) is 25.1. The van der Waals surface area contributed by atoms with Crippen molar-refractivity contribution >= 4 is 186 Å². The van der Waals surface area contributed by atoms with Gasteiger partial charge in [-0.15, -0.1) is 11.3 Å². The van der Waals surface area contributed by atoms with Gasteiger partial charge in [0.1, 0.15) is 17.2 Å². The van der Waals surface area contributed by atoms with Crippen LogP contribution in [0.1, 0.15) is 11.1 Å². The quantitative estimate of drug-likeness (QED) is 0.170. The Morgan fingerprint density at radius 3 is 1.15 bits per heavy atom. The van der Waals surface area contributed by atoms with Crippen molar-refractivity contribution in [3.05, 3.63) is 415 Å². The number of hydrogen-bond acceptors (Lipinski definition) is 7. The van der Waals surface area contributed by atoms with Crippen LogP contribution in [0.3, 0.4) is 0 Å². The number of thiophene rings is 1. The molecule has 15 heteroatoms.